The Hall–Kier alpha value is -3.38. The number of ether oxygens (including phenoxy) is 1. The topological polar surface area (TPSA) is 68.8 Å². The molecule has 0 saturated heterocycles. The molecule has 154 valence electrons. The summed E-state index contributed by atoms with van der Waals surface area (Å²) in [6, 6.07) is 17.2. The number of nitrogens with zero attached hydrogens (tertiary/aromatic N) is 3. The maximum absolute atomic E-state index is 13.0. The monoisotopic (exact) mass is 403 g/mol. The highest BCUT2D eigenvalue weighted by Gasteiger charge is 2.14. The summed E-state index contributed by atoms with van der Waals surface area (Å²) in [5, 5.41) is 15.2. The van der Waals surface area contributed by atoms with E-state index in [1.165, 1.54) is 10.1 Å². The van der Waals surface area contributed by atoms with Crippen molar-refractivity contribution >= 4 is 5.52 Å². The first-order chi connectivity index (χ1) is 14.5. The highest BCUT2D eigenvalue weighted by molar-refractivity contribution is 5.66. The van der Waals surface area contributed by atoms with Gasteiger partial charge in [-0.3, -0.25) is 4.79 Å². The molecule has 2 heterocycles. The van der Waals surface area contributed by atoms with Gasteiger partial charge >= 0.3 is 0 Å². The zero-order valence-corrected chi connectivity index (χ0v) is 17.3. The van der Waals surface area contributed by atoms with Crippen molar-refractivity contribution in [3.63, 3.8) is 0 Å². The van der Waals surface area contributed by atoms with Gasteiger partial charge in [0.05, 0.1) is 25.5 Å². The summed E-state index contributed by atoms with van der Waals surface area (Å²) in [6.45, 7) is 4.44. The Morgan fingerprint density at radius 3 is 2.47 bits per heavy atom. The first-order valence-corrected chi connectivity index (χ1v) is 9.97. The fourth-order valence-corrected chi connectivity index (χ4v) is 3.49. The molecule has 30 heavy (non-hydrogen) atoms. The molecule has 6 nitrogen and oxygen atoms in total. The number of fused-ring (bicyclic) bond motifs is 1. The second kappa shape index (κ2) is 8.16. The van der Waals surface area contributed by atoms with Crippen LogP contribution >= 0.6 is 0 Å². The Morgan fingerprint density at radius 2 is 1.77 bits per heavy atom. The second-order valence-corrected chi connectivity index (χ2v) is 7.68. The first-order valence-electron chi connectivity index (χ1n) is 9.97. The van der Waals surface area contributed by atoms with Crippen molar-refractivity contribution in [2.24, 2.45) is 0 Å². The lowest BCUT2D eigenvalue weighted by Gasteiger charge is -2.14. The molecule has 1 N–H and O–H groups in total. The summed E-state index contributed by atoms with van der Waals surface area (Å²) >= 11 is 0. The molecule has 6 heteroatoms. The molecule has 0 spiro atoms. The number of methoxy groups -OCH3 is 1. The van der Waals surface area contributed by atoms with E-state index in [1.54, 1.807) is 30.1 Å². The molecular formula is C24H25N3O3. The molecule has 0 bridgehead atoms. The lowest BCUT2D eigenvalue weighted by molar-refractivity contribution is 0.155. The third-order valence-corrected chi connectivity index (χ3v) is 5.33. The lowest BCUT2D eigenvalue weighted by Crippen LogP contribution is -2.24. The van der Waals surface area contributed by atoms with Crippen molar-refractivity contribution in [3.05, 3.63) is 88.5 Å². The second-order valence-electron chi connectivity index (χ2n) is 7.68. The minimum Gasteiger partial charge on any atom is -0.497 e. The molecule has 0 aliphatic heterocycles. The Morgan fingerprint density at radius 1 is 1.03 bits per heavy atom. The van der Waals surface area contributed by atoms with Crippen LogP contribution in [0.3, 0.4) is 0 Å². The normalized spacial score (nSPS) is 12.4. The van der Waals surface area contributed by atoms with Crippen molar-refractivity contribution in [1.82, 2.24) is 14.2 Å². The first kappa shape index (κ1) is 19.9. The van der Waals surface area contributed by atoms with Gasteiger partial charge in [0.2, 0.25) is 0 Å². The van der Waals surface area contributed by atoms with E-state index in [-0.39, 0.29) is 12.1 Å². The molecule has 0 fully saturated rings. The predicted octanol–water partition coefficient (Wildman–Crippen LogP) is 4.03. The predicted molar refractivity (Wildman–Crippen MR) is 117 cm³/mol. The molecule has 1 atom stereocenters. The van der Waals surface area contributed by atoms with Gasteiger partial charge in [0.15, 0.2) is 0 Å². The van der Waals surface area contributed by atoms with Gasteiger partial charge in [-0.1, -0.05) is 50.2 Å². The van der Waals surface area contributed by atoms with Crippen LogP contribution in [0.2, 0.25) is 0 Å². The third kappa shape index (κ3) is 3.86. The van der Waals surface area contributed by atoms with Crippen molar-refractivity contribution in [2.75, 3.05) is 7.11 Å². The van der Waals surface area contributed by atoms with Gasteiger partial charge in [0.1, 0.15) is 11.3 Å². The number of rotatable bonds is 6. The smallest absolute Gasteiger partial charge is 0.276 e. The summed E-state index contributed by atoms with van der Waals surface area (Å²) in [5.41, 5.74) is 3.82. The Labute approximate surface area is 175 Å². The molecule has 0 aliphatic carbocycles. The summed E-state index contributed by atoms with van der Waals surface area (Å²) < 4.78 is 8.36. The van der Waals surface area contributed by atoms with Gasteiger partial charge in [-0.2, -0.15) is 5.10 Å². The van der Waals surface area contributed by atoms with Crippen LogP contribution in [-0.2, 0) is 6.54 Å². The van der Waals surface area contributed by atoms with Gasteiger partial charge in [-0.25, -0.2) is 4.52 Å². The molecule has 0 amide bonds. The van der Waals surface area contributed by atoms with Crippen LogP contribution in [0.25, 0.3) is 16.8 Å². The van der Waals surface area contributed by atoms with Crippen LogP contribution in [0.4, 0.5) is 0 Å². The van der Waals surface area contributed by atoms with Crippen LogP contribution < -0.4 is 10.3 Å². The minimum absolute atomic E-state index is 0.177. The average molecular weight is 403 g/mol. The average Bonchev–Trinajstić information content (AvgIpc) is 3.21. The van der Waals surface area contributed by atoms with Crippen LogP contribution in [0.5, 0.6) is 5.75 Å². The summed E-state index contributed by atoms with van der Waals surface area (Å²) in [6.07, 6.45) is 2.62. The Bertz CT molecular complexity index is 1220. The molecular weight excluding hydrogens is 378 g/mol. The van der Waals surface area contributed by atoms with Crippen LogP contribution in [-0.4, -0.2) is 26.4 Å². The van der Waals surface area contributed by atoms with E-state index in [0.29, 0.717) is 17.1 Å². The van der Waals surface area contributed by atoms with Crippen molar-refractivity contribution in [1.29, 1.82) is 0 Å². The summed E-state index contributed by atoms with van der Waals surface area (Å²) in [5.74, 6) is 1.16. The zero-order valence-electron chi connectivity index (χ0n) is 17.3. The van der Waals surface area contributed by atoms with Crippen LogP contribution in [0, 0.1) is 0 Å². The summed E-state index contributed by atoms with van der Waals surface area (Å²) in [4.78, 5) is 13.0. The number of aromatic nitrogens is 3. The number of aliphatic hydroxyl groups excluding tert-OH is 1. The van der Waals surface area contributed by atoms with Gasteiger partial charge in [0.25, 0.3) is 5.56 Å². The van der Waals surface area contributed by atoms with Gasteiger partial charge < -0.3 is 14.4 Å². The fourth-order valence-electron chi connectivity index (χ4n) is 3.49. The van der Waals surface area contributed by atoms with Crippen molar-refractivity contribution in [2.45, 2.75) is 32.4 Å². The molecule has 0 unspecified atom stereocenters. The third-order valence-electron chi connectivity index (χ3n) is 5.33. The van der Waals surface area contributed by atoms with E-state index >= 15 is 0 Å². The molecule has 0 saturated carbocycles. The molecule has 2 aromatic carbocycles. The van der Waals surface area contributed by atoms with E-state index in [2.05, 4.69) is 18.9 Å². The Balaban J connectivity index is 1.62. The van der Waals surface area contributed by atoms with Gasteiger partial charge in [-0.15, -0.1) is 0 Å². The number of hydrogen-bond acceptors (Lipinski definition) is 4. The van der Waals surface area contributed by atoms with E-state index < -0.39 is 6.10 Å². The highest BCUT2D eigenvalue weighted by Crippen LogP contribution is 2.23. The quantitative estimate of drug-likeness (QED) is 0.528. The van der Waals surface area contributed by atoms with Crippen LogP contribution in [0.15, 0.2) is 71.8 Å². The molecule has 4 rings (SSSR count). The lowest BCUT2D eigenvalue weighted by atomic mass is 10.00. The zero-order chi connectivity index (χ0) is 21.3. The fraction of sp³-hybridized carbons (Fsp3) is 0.250. The van der Waals surface area contributed by atoms with Crippen molar-refractivity contribution in [3.8, 4) is 17.0 Å². The Kier molecular flexibility index (Phi) is 5.42. The number of aliphatic hydroxyl groups is 1. The van der Waals surface area contributed by atoms with Crippen molar-refractivity contribution < 1.29 is 9.84 Å². The maximum atomic E-state index is 13.0. The summed E-state index contributed by atoms with van der Waals surface area (Å²) in [7, 11) is 1.61. The van der Waals surface area contributed by atoms with E-state index in [0.717, 1.165) is 16.9 Å². The van der Waals surface area contributed by atoms with Crippen LogP contribution in [0.1, 0.15) is 37.0 Å². The van der Waals surface area contributed by atoms with Gasteiger partial charge in [-0.05, 0) is 35.2 Å². The van der Waals surface area contributed by atoms with E-state index in [4.69, 9.17) is 4.74 Å². The van der Waals surface area contributed by atoms with E-state index in [9.17, 15) is 9.90 Å². The standard InChI is InChI=1S/C24H25N3O3/c1-16(2)17-7-9-18(10-8-17)23(28)15-26-11-12-27-22(24(26)29)14-21(25-27)19-5-4-6-20(13-19)30-3/h4-14,16,23,28H,15H2,1-3H3/t23-/m0/s1. The van der Waals surface area contributed by atoms with Gasteiger partial charge in [0, 0.05) is 18.0 Å². The largest absolute Gasteiger partial charge is 0.497 e. The minimum atomic E-state index is -0.771. The molecule has 0 radical (unpaired) electrons. The maximum Gasteiger partial charge on any atom is 0.276 e. The molecule has 2 aromatic heterocycles. The highest BCUT2D eigenvalue weighted by atomic mass is 16.5. The molecule has 0 aliphatic rings. The molecule has 4 aromatic rings. The number of benzene rings is 2. The SMILES string of the molecule is COc1cccc(-c2cc3c(=O)n(C[C@H](O)c4ccc(C(C)C)cc4)ccn3n2)c1. The number of hydrogen-bond donors (Lipinski definition) is 1. The van der Waals surface area contributed by atoms with E-state index in [1.807, 2.05) is 48.5 Å².